The molecule has 0 radical (unpaired) electrons. The minimum atomic E-state index is 0.518. The van der Waals surface area contributed by atoms with Gasteiger partial charge in [-0.05, 0) is 61.9 Å². The SMILES string of the molecule is Cc1cc([C@H]2CCCN2Cc2ccccc2)cnc1N1CCCC1. The van der Waals surface area contributed by atoms with E-state index in [0.717, 1.165) is 19.6 Å². The molecule has 3 heteroatoms. The van der Waals surface area contributed by atoms with Crippen LogP contribution in [0.3, 0.4) is 0 Å². The minimum absolute atomic E-state index is 0.518. The Morgan fingerprint density at radius 1 is 1.04 bits per heavy atom. The van der Waals surface area contributed by atoms with Crippen LogP contribution in [-0.4, -0.2) is 29.5 Å². The van der Waals surface area contributed by atoms with Crippen LogP contribution in [0, 0.1) is 6.92 Å². The number of anilines is 1. The molecule has 2 aliphatic heterocycles. The normalized spacial score (nSPS) is 21.5. The zero-order valence-corrected chi connectivity index (χ0v) is 14.6. The first kappa shape index (κ1) is 15.6. The van der Waals surface area contributed by atoms with Crippen LogP contribution in [0.15, 0.2) is 42.6 Å². The summed E-state index contributed by atoms with van der Waals surface area (Å²) in [5, 5.41) is 0. The number of hydrogen-bond donors (Lipinski definition) is 0. The second kappa shape index (κ2) is 6.94. The Kier molecular flexibility index (Phi) is 4.52. The third-order valence-corrected chi connectivity index (χ3v) is 5.45. The monoisotopic (exact) mass is 321 g/mol. The molecular formula is C21H27N3. The molecule has 3 heterocycles. The first-order chi connectivity index (χ1) is 11.8. The van der Waals surface area contributed by atoms with E-state index in [2.05, 4.69) is 59.3 Å². The molecule has 0 N–H and O–H groups in total. The van der Waals surface area contributed by atoms with Crippen molar-refractivity contribution in [3.8, 4) is 0 Å². The molecule has 1 aromatic heterocycles. The lowest BCUT2D eigenvalue weighted by molar-refractivity contribution is 0.248. The lowest BCUT2D eigenvalue weighted by atomic mass is 10.0. The van der Waals surface area contributed by atoms with Crippen LogP contribution < -0.4 is 4.90 Å². The Hall–Kier alpha value is -1.87. The predicted molar refractivity (Wildman–Crippen MR) is 99.2 cm³/mol. The van der Waals surface area contributed by atoms with Crippen molar-refractivity contribution >= 4 is 5.82 Å². The van der Waals surface area contributed by atoms with Gasteiger partial charge < -0.3 is 4.90 Å². The molecule has 0 aliphatic carbocycles. The number of nitrogens with zero attached hydrogens (tertiary/aromatic N) is 3. The van der Waals surface area contributed by atoms with Crippen molar-refractivity contribution in [3.63, 3.8) is 0 Å². The lowest BCUT2D eigenvalue weighted by Gasteiger charge is -2.26. The van der Waals surface area contributed by atoms with Gasteiger partial charge in [0.25, 0.3) is 0 Å². The highest BCUT2D eigenvalue weighted by Crippen LogP contribution is 2.34. The Bertz CT molecular complexity index is 677. The summed E-state index contributed by atoms with van der Waals surface area (Å²) >= 11 is 0. The van der Waals surface area contributed by atoms with Crippen LogP contribution in [0.1, 0.15) is 48.4 Å². The zero-order chi connectivity index (χ0) is 16.4. The number of benzene rings is 1. The quantitative estimate of drug-likeness (QED) is 0.835. The van der Waals surface area contributed by atoms with Gasteiger partial charge in [-0.15, -0.1) is 0 Å². The van der Waals surface area contributed by atoms with E-state index in [4.69, 9.17) is 4.98 Å². The van der Waals surface area contributed by atoms with Crippen LogP contribution >= 0.6 is 0 Å². The van der Waals surface area contributed by atoms with Gasteiger partial charge in [0.1, 0.15) is 5.82 Å². The van der Waals surface area contributed by atoms with E-state index in [0.29, 0.717) is 6.04 Å². The number of pyridine rings is 1. The van der Waals surface area contributed by atoms with E-state index in [1.165, 1.54) is 54.7 Å². The number of likely N-dealkylation sites (tertiary alicyclic amines) is 1. The van der Waals surface area contributed by atoms with Crippen LogP contribution in [0.25, 0.3) is 0 Å². The lowest BCUT2D eigenvalue weighted by Crippen LogP contribution is -2.24. The van der Waals surface area contributed by atoms with Crippen LogP contribution in [0.5, 0.6) is 0 Å². The summed E-state index contributed by atoms with van der Waals surface area (Å²) in [7, 11) is 0. The Labute approximate surface area is 145 Å². The van der Waals surface area contributed by atoms with Gasteiger partial charge in [0.05, 0.1) is 0 Å². The second-order valence-electron chi connectivity index (χ2n) is 7.22. The zero-order valence-electron chi connectivity index (χ0n) is 14.6. The molecule has 2 saturated heterocycles. The van der Waals surface area contributed by atoms with Crippen LogP contribution in [0.2, 0.25) is 0 Å². The molecule has 3 nitrogen and oxygen atoms in total. The molecule has 4 rings (SSSR count). The second-order valence-corrected chi connectivity index (χ2v) is 7.22. The molecule has 0 spiro atoms. The fourth-order valence-corrected chi connectivity index (χ4v) is 4.24. The number of hydrogen-bond acceptors (Lipinski definition) is 3. The molecule has 2 fully saturated rings. The van der Waals surface area contributed by atoms with E-state index >= 15 is 0 Å². The molecule has 0 bridgehead atoms. The standard InChI is InChI=1S/C21H27N3/c1-17-14-19(15-22-21(17)23-11-5-6-12-23)20-10-7-13-24(20)16-18-8-3-2-4-9-18/h2-4,8-9,14-15,20H,5-7,10-13,16H2,1H3/t20-/m1/s1. The molecule has 0 saturated carbocycles. The molecule has 2 aliphatic rings. The van der Waals surface area contributed by atoms with Gasteiger partial charge in [-0.25, -0.2) is 4.98 Å². The highest BCUT2D eigenvalue weighted by atomic mass is 15.2. The Morgan fingerprint density at radius 3 is 2.58 bits per heavy atom. The largest absolute Gasteiger partial charge is 0.356 e. The number of aromatic nitrogens is 1. The third-order valence-electron chi connectivity index (χ3n) is 5.45. The average Bonchev–Trinajstić information content (AvgIpc) is 3.27. The maximum Gasteiger partial charge on any atom is 0.131 e. The number of aryl methyl sites for hydroxylation is 1. The van der Waals surface area contributed by atoms with E-state index in [1.807, 2.05) is 0 Å². The molecule has 2 aromatic rings. The van der Waals surface area contributed by atoms with Crippen molar-refractivity contribution in [2.45, 2.75) is 45.2 Å². The smallest absolute Gasteiger partial charge is 0.131 e. The van der Waals surface area contributed by atoms with E-state index in [9.17, 15) is 0 Å². The molecule has 24 heavy (non-hydrogen) atoms. The highest BCUT2D eigenvalue weighted by Gasteiger charge is 2.27. The van der Waals surface area contributed by atoms with Crippen molar-refractivity contribution in [2.24, 2.45) is 0 Å². The van der Waals surface area contributed by atoms with Crippen molar-refractivity contribution in [2.75, 3.05) is 24.5 Å². The van der Waals surface area contributed by atoms with Gasteiger partial charge in [-0.2, -0.15) is 0 Å². The molecular weight excluding hydrogens is 294 g/mol. The fourth-order valence-electron chi connectivity index (χ4n) is 4.24. The maximum atomic E-state index is 4.85. The predicted octanol–water partition coefficient (Wildman–Crippen LogP) is 4.33. The van der Waals surface area contributed by atoms with Crippen molar-refractivity contribution in [1.29, 1.82) is 0 Å². The Balaban J connectivity index is 1.52. The van der Waals surface area contributed by atoms with Gasteiger partial charge in [0, 0.05) is 31.9 Å². The van der Waals surface area contributed by atoms with Gasteiger partial charge in [-0.3, -0.25) is 4.90 Å². The molecule has 126 valence electrons. The fraction of sp³-hybridized carbons (Fsp3) is 0.476. The Morgan fingerprint density at radius 2 is 1.83 bits per heavy atom. The average molecular weight is 321 g/mol. The molecule has 0 amide bonds. The first-order valence-corrected chi connectivity index (χ1v) is 9.31. The number of rotatable bonds is 4. The first-order valence-electron chi connectivity index (χ1n) is 9.31. The van der Waals surface area contributed by atoms with Gasteiger partial charge >= 0.3 is 0 Å². The molecule has 1 aromatic carbocycles. The highest BCUT2D eigenvalue weighted by molar-refractivity contribution is 5.48. The summed E-state index contributed by atoms with van der Waals surface area (Å²) < 4.78 is 0. The minimum Gasteiger partial charge on any atom is -0.356 e. The van der Waals surface area contributed by atoms with Crippen LogP contribution in [-0.2, 0) is 6.54 Å². The van der Waals surface area contributed by atoms with Gasteiger partial charge in [-0.1, -0.05) is 30.3 Å². The maximum absolute atomic E-state index is 4.85. The molecule has 1 atom stereocenters. The van der Waals surface area contributed by atoms with E-state index < -0.39 is 0 Å². The van der Waals surface area contributed by atoms with Crippen molar-refractivity contribution in [3.05, 3.63) is 59.3 Å². The van der Waals surface area contributed by atoms with Gasteiger partial charge in [0.15, 0.2) is 0 Å². The summed E-state index contributed by atoms with van der Waals surface area (Å²) in [4.78, 5) is 9.90. The van der Waals surface area contributed by atoms with Gasteiger partial charge in [0.2, 0.25) is 0 Å². The summed E-state index contributed by atoms with van der Waals surface area (Å²) in [6, 6.07) is 13.7. The summed E-state index contributed by atoms with van der Waals surface area (Å²) in [5.74, 6) is 1.20. The summed E-state index contributed by atoms with van der Waals surface area (Å²) in [6.45, 7) is 6.78. The summed E-state index contributed by atoms with van der Waals surface area (Å²) in [5.41, 5.74) is 4.13. The topological polar surface area (TPSA) is 19.4 Å². The van der Waals surface area contributed by atoms with Crippen molar-refractivity contribution < 1.29 is 0 Å². The van der Waals surface area contributed by atoms with Crippen LogP contribution in [0.4, 0.5) is 5.82 Å². The molecule has 0 unspecified atom stereocenters. The summed E-state index contributed by atoms with van der Waals surface area (Å²) in [6.07, 6.45) is 7.27. The third kappa shape index (κ3) is 3.18. The van der Waals surface area contributed by atoms with E-state index in [-0.39, 0.29) is 0 Å². The van der Waals surface area contributed by atoms with Crippen molar-refractivity contribution in [1.82, 2.24) is 9.88 Å². The van der Waals surface area contributed by atoms with E-state index in [1.54, 1.807) is 0 Å².